The molecule has 3 aliphatic heterocycles. The van der Waals surface area contributed by atoms with Crippen LogP contribution in [0.5, 0.6) is 0 Å². The average Bonchev–Trinajstić information content (AvgIpc) is 3.16. The van der Waals surface area contributed by atoms with Crippen molar-refractivity contribution >= 4 is 23.4 Å². The third-order valence-electron chi connectivity index (χ3n) is 7.24. The highest BCUT2D eigenvalue weighted by atomic mass is 19.1. The van der Waals surface area contributed by atoms with Crippen LogP contribution in [-0.4, -0.2) is 90.6 Å². The number of carbonyl (C=O) groups is 3. The molecule has 3 heterocycles. The van der Waals surface area contributed by atoms with E-state index in [1.54, 1.807) is 14.7 Å². The second kappa shape index (κ2) is 9.65. The molecule has 2 aromatic rings. The molecule has 0 bridgehead atoms. The minimum atomic E-state index is -0.813. The molecule has 9 heteroatoms. The highest BCUT2D eigenvalue weighted by molar-refractivity contribution is 5.97. The van der Waals surface area contributed by atoms with Crippen LogP contribution in [0.15, 0.2) is 54.6 Å². The monoisotopic (exact) mass is 480 g/mol. The first kappa shape index (κ1) is 23.3. The average molecular weight is 481 g/mol. The topological polar surface area (TPSA) is 73.4 Å². The number of nitrogens with zero attached hydrogens (tertiary/aromatic N) is 4. The molecular formula is C26H29FN4O4. The third kappa shape index (κ3) is 4.48. The predicted octanol–water partition coefficient (Wildman–Crippen LogP) is 1.97. The predicted molar refractivity (Wildman–Crippen MR) is 127 cm³/mol. The molecule has 3 aliphatic rings. The van der Waals surface area contributed by atoms with Crippen LogP contribution in [0.1, 0.15) is 23.2 Å². The Morgan fingerprint density at radius 1 is 0.886 bits per heavy atom. The zero-order valence-corrected chi connectivity index (χ0v) is 19.6. The summed E-state index contributed by atoms with van der Waals surface area (Å²) in [7, 11) is 0. The minimum absolute atomic E-state index is 0.0299. The van der Waals surface area contributed by atoms with E-state index in [4.69, 9.17) is 4.74 Å². The fourth-order valence-electron chi connectivity index (χ4n) is 5.25. The molecule has 1 spiro atoms. The largest absolute Gasteiger partial charge is 0.378 e. The second-order valence-corrected chi connectivity index (χ2v) is 9.23. The molecule has 5 rings (SSSR count). The zero-order chi connectivity index (χ0) is 24.4. The van der Waals surface area contributed by atoms with E-state index in [1.807, 2.05) is 30.3 Å². The number of halogens is 1. The van der Waals surface area contributed by atoms with Gasteiger partial charge in [0.1, 0.15) is 17.9 Å². The molecule has 0 N–H and O–H groups in total. The van der Waals surface area contributed by atoms with E-state index in [0.29, 0.717) is 64.5 Å². The Hall–Kier alpha value is -3.46. The molecule has 0 unspecified atom stereocenters. The second-order valence-electron chi connectivity index (χ2n) is 9.23. The van der Waals surface area contributed by atoms with Crippen LogP contribution in [0.2, 0.25) is 0 Å². The van der Waals surface area contributed by atoms with Crippen molar-refractivity contribution in [3.63, 3.8) is 0 Å². The van der Waals surface area contributed by atoms with Crippen molar-refractivity contribution in [1.29, 1.82) is 0 Å². The molecule has 8 nitrogen and oxygen atoms in total. The molecule has 0 radical (unpaired) electrons. The lowest BCUT2D eigenvalue weighted by Crippen LogP contribution is -2.57. The van der Waals surface area contributed by atoms with Crippen molar-refractivity contribution in [2.24, 2.45) is 0 Å². The van der Waals surface area contributed by atoms with Crippen molar-refractivity contribution in [1.82, 2.24) is 14.7 Å². The normalized spacial score (nSPS) is 20.0. The maximum absolute atomic E-state index is 13.8. The minimum Gasteiger partial charge on any atom is -0.378 e. The summed E-state index contributed by atoms with van der Waals surface area (Å²) in [5.41, 5.74) is 0.532. The van der Waals surface area contributed by atoms with Gasteiger partial charge in [-0.25, -0.2) is 4.39 Å². The van der Waals surface area contributed by atoms with Gasteiger partial charge < -0.3 is 24.3 Å². The molecular weight excluding hydrogens is 451 g/mol. The van der Waals surface area contributed by atoms with Gasteiger partial charge in [-0.2, -0.15) is 0 Å². The Morgan fingerprint density at radius 2 is 1.54 bits per heavy atom. The molecule has 0 aliphatic carbocycles. The number of rotatable bonds is 4. The fraction of sp³-hybridized carbons (Fsp3) is 0.423. The van der Waals surface area contributed by atoms with Gasteiger partial charge in [-0.15, -0.1) is 0 Å². The molecule has 35 heavy (non-hydrogen) atoms. The van der Waals surface area contributed by atoms with E-state index < -0.39 is 5.54 Å². The number of carbonyl (C=O) groups excluding carboxylic acids is 3. The smallest absolute Gasteiger partial charge is 0.253 e. The summed E-state index contributed by atoms with van der Waals surface area (Å²) in [5, 5.41) is 0. The number of benzene rings is 2. The Morgan fingerprint density at radius 3 is 2.20 bits per heavy atom. The van der Waals surface area contributed by atoms with Gasteiger partial charge in [0.15, 0.2) is 0 Å². The van der Waals surface area contributed by atoms with Gasteiger partial charge >= 0.3 is 0 Å². The number of likely N-dealkylation sites (tertiary alicyclic amines) is 1. The van der Waals surface area contributed by atoms with Crippen molar-refractivity contribution in [3.05, 3.63) is 66.0 Å². The highest BCUT2D eigenvalue weighted by Gasteiger charge is 2.54. The van der Waals surface area contributed by atoms with Gasteiger partial charge in [-0.1, -0.05) is 18.2 Å². The molecule has 0 saturated carbocycles. The van der Waals surface area contributed by atoms with Gasteiger partial charge in [0.2, 0.25) is 5.91 Å². The number of amides is 3. The summed E-state index contributed by atoms with van der Waals surface area (Å²) in [6, 6.07) is 15.3. The lowest BCUT2D eigenvalue weighted by Gasteiger charge is -2.43. The van der Waals surface area contributed by atoms with E-state index in [2.05, 4.69) is 4.90 Å². The molecule has 3 amide bonds. The Labute approximate surface area is 203 Å². The Kier molecular flexibility index (Phi) is 6.42. The first-order valence-corrected chi connectivity index (χ1v) is 12.0. The van der Waals surface area contributed by atoms with Crippen LogP contribution in [0.25, 0.3) is 0 Å². The van der Waals surface area contributed by atoms with Crippen LogP contribution in [-0.2, 0) is 14.3 Å². The SMILES string of the molecule is O=C(CN1CN(c2ccccc2)C2(CCN(C(=O)c3ccc(F)cc3)CC2)C1=O)N1CCOCC1. The summed E-state index contributed by atoms with van der Waals surface area (Å²) in [6.07, 6.45) is 0.909. The number of anilines is 1. The number of hydrogen-bond acceptors (Lipinski definition) is 5. The van der Waals surface area contributed by atoms with Crippen molar-refractivity contribution in [2.75, 3.05) is 57.5 Å². The summed E-state index contributed by atoms with van der Waals surface area (Å²) in [4.78, 5) is 46.9. The van der Waals surface area contributed by atoms with Gasteiger partial charge in [0.25, 0.3) is 11.8 Å². The van der Waals surface area contributed by atoms with Crippen LogP contribution in [0.4, 0.5) is 10.1 Å². The lowest BCUT2D eigenvalue weighted by molar-refractivity contribution is -0.143. The van der Waals surface area contributed by atoms with Crippen molar-refractivity contribution in [2.45, 2.75) is 18.4 Å². The summed E-state index contributed by atoms with van der Waals surface area (Å²) in [5.74, 6) is -0.704. The van der Waals surface area contributed by atoms with Crippen LogP contribution >= 0.6 is 0 Å². The Bertz CT molecular complexity index is 1080. The van der Waals surface area contributed by atoms with Gasteiger partial charge in [0.05, 0.1) is 19.9 Å². The Balaban J connectivity index is 1.34. The maximum atomic E-state index is 13.8. The van der Waals surface area contributed by atoms with Crippen LogP contribution in [0, 0.1) is 5.82 Å². The van der Waals surface area contributed by atoms with Gasteiger partial charge in [-0.05, 0) is 49.2 Å². The van der Waals surface area contributed by atoms with Gasteiger partial charge in [-0.3, -0.25) is 14.4 Å². The van der Waals surface area contributed by atoms with E-state index in [1.165, 1.54) is 24.3 Å². The van der Waals surface area contributed by atoms with Gasteiger partial charge in [0, 0.05) is 37.4 Å². The number of ether oxygens (including phenoxy) is 1. The number of hydrogen-bond donors (Lipinski definition) is 0. The molecule has 184 valence electrons. The third-order valence-corrected chi connectivity index (χ3v) is 7.24. The molecule has 2 aromatic carbocycles. The molecule has 3 saturated heterocycles. The maximum Gasteiger partial charge on any atom is 0.253 e. The van der Waals surface area contributed by atoms with Crippen LogP contribution in [0.3, 0.4) is 0 Å². The summed E-state index contributed by atoms with van der Waals surface area (Å²) in [6.45, 7) is 3.25. The summed E-state index contributed by atoms with van der Waals surface area (Å²) < 4.78 is 18.6. The number of morpholine rings is 1. The fourth-order valence-corrected chi connectivity index (χ4v) is 5.25. The molecule has 0 aromatic heterocycles. The molecule has 0 atom stereocenters. The first-order valence-electron chi connectivity index (χ1n) is 12.0. The van der Waals surface area contributed by atoms with E-state index in [-0.39, 0.29) is 30.1 Å². The first-order chi connectivity index (χ1) is 17.0. The quantitative estimate of drug-likeness (QED) is 0.669. The highest BCUT2D eigenvalue weighted by Crippen LogP contribution is 2.39. The lowest BCUT2D eigenvalue weighted by atomic mass is 9.85. The number of piperidine rings is 1. The van der Waals surface area contributed by atoms with E-state index in [0.717, 1.165) is 5.69 Å². The molecule has 3 fully saturated rings. The summed E-state index contributed by atoms with van der Waals surface area (Å²) >= 11 is 0. The zero-order valence-electron chi connectivity index (χ0n) is 19.6. The van der Waals surface area contributed by atoms with Crippen LogP contribution < -0.4 is 4.90 Å². The van der Waals surface area contributed by atoms with Crippen molar-refractivity contribution in [3.8, 4) is 0 Å². The standard InChI is InChI=1S/C26H29FN4O4/c27-21-8-6-20(7-9-21)24(33)29-12-10-26(11-13-29)25(34)30(18-23(32)28-14-16-35-17-15-28)19-31(26)22-4-2-1-3-5-22/h1-9H,10-19H2. The van der Waals surface area contributed by atoms with E-state index in [9.17, 15) is 18.8 Å². The van der Waals surface area contributed by atoms with E-state index >= 15 is 0 Å². The van der Waals surface area contributed by atoms with Crippen molar-refractivity contribution < 1.29 is 23.5 Å². The number of para-hydroxylation sites is 1.